The zero-order valence-corrected chi connectivity index (χ0v) is 18.3. The average Bonchev–Trinajstić information content (AvgIpc) is 3.34. The molecule has 0 saturated heterocycles. The lowest BCUT2D eigenvalue weighted by molar-refractivity contribution is 0.613. The summed E-state index contributed by atoms with van der Waals surface area (Å²) in [5.74, 6) is 0.789. The molecule has 0 aliphatic carbocycles. The number of benzene rings is 2. The van der Waals surface area contributed by atoms with Crippen molar-refractivity contribution in [2.24, 2.45) is 0 Å². The molecule has 2 aromatic heterocycles. The SMILES string of the molecule is CC(C)c1cc(-c2cc(C(C)C)n(Cc3ccccc3)n2)nn1Cc1ccccc1. The van der Waals surface area contributed by atoms with Crippen molar-refractivity contribution in [3.8, 4) is 11.4 Å². The van der Waals surface area contributed by atoms with E-state index in [-0.39, 0.29) is 0 Å². The summed E-state index contributed by atoms with van der Waals surface area (Å²) in [6, 6.07) is 25.4. The molecule has 0 N–H and O–H groups in total. The minimum Gasteiger partial charge on any atom is -0.264 e. The lowest BCUT2D eigenvalue weighted by atomic mass is 10.1. The molecule has 4 heteroatoms. The predicted octanol–water partition coefficient (Wildman–Crippen LogP) is 6.09. The zero-order chi connectivity index (χ0) is 21.1. The van der Waals surface area contributed by atoms with Crippen LogP contribution >= 0.6 is 0 Å². The van der Waals surface area contributed by atoms with Crippen molar-refractivity contribution in [3.05, 3.63) is 95.3 Å². The van der Waals surface area contributed by atoms with Gasteiger partial charge in [-0.05, 0) is 35.1 Å². The molecule has 30 heavy (non-hydrogen) atoms. The Kier molecular flexibility index (Phi) is 5.84. The van der Waals surface area contributed by atoms with Gasteiger partial charge in [0, 0.05) is 11.4 Å². The van der Waals surface area contributed by atoms with Crippen LogP contribution in [0.2, 0.25) is 0 Å². The molecule has 0 aliphatic heterocycles. The van der Waals surface area contributed by atoms with Crippen molar-refractivity contribution >= 4 is 0 Å². The average molecular weight is 399 g/mol. The number of aromatic nitrogens is 4. The van der Waals surface area contributed by atoms with Crippen LogP contribution in [0.25, 0.3) is 11.4 Å². The van der Waals surface area contributed by atoms with Gasteiger partial charge in [-0.25, -0.2) is 0 Å². The first kappa shape index (κ1) is 20.1. The summed E-state index contributed by atoms with van der Waals surface area (Å²) in [5, 5.41) is 9.92. The fourth-order valence-corrected chi connectivity index (χ4v) is 3.81. The van der Waals surface area contributed by atoms with Gasteiger partial charge < -0.3 is 0 Å². The third kappa shape index (κ3) is 4.38. The van der Waals surface area contributed by atoms with E-state index >= 15 is 0 Å². The molecule has 4 aromatic rings. The van der Waals surface area contributed by atoms with Crippen LogP contribution in [0.3, 0.4) is 0 Å². The minimum atomic E-state index is 0.394. The predicted molar refractivity (Wildman–Crippen MR) is 123 cm³/mol. The summed E-state index contributed by atoms with van der Waals surface area (Å²) in [6.45, 7) is 10.4. The lowest BCUT2D eigenvalue weighted by Crippen LogP contribution is -2.08. The second kappa shape index (κ2) is 8.70. The standard InChI is InChI=1S/C26H30N4/c1-19(2)25-15-23(27-29(25)17-21-11-7-5-8-12-21)24-16-26(20(3)4)30(28-24)18-22-13-9-6-10-14-22/h5-16,19-20H,17-18H2,1-4H3. The summed E-state index contributed by atoms with van der Waals surface area (Å²) in [6.07, 6.45) is 0. The molecular formula is C26H30N4. The molecule has 0 radical (unpaired) electrons. The molecule has 0 spiro atoms. The third-order valence-electron chi connectivity index (χ3n) is 5.42. The van der Waals surface area contributed by atoms with Crippen LogP contribution in [0.4, 0.5) is 0 Å². The highest BCUT2D eigenvalue weighted by Gasteiger charge is 2.18. The molecule has 0 atom stereocenters. The molecule has 0 aliphatic rings. The van der Waals surface area contributed by atoms with Gasteiger partial charge in [0.25, 0.3) is 0 Å². The van der Waals surface area contributed by atoms with E-state index in [4.69, 9.17) is 10.2 Å². The van der Waals surface area contributed by atoms with E-state index in [9.17, 15) is 0 Å². The number of hydrogen-bond donors (Lipinski definition) is 0. The smallest absolute Gasteiger partial charge is 0.113 e. The first-order valence-electron chi connectivity index (χ1n) is 10.7. The Morgan fingerprint density at radius 3 is 1.30 bits per heavy atom. The van der Waals surface area contributed by atoms with Gasteiger partial charge in [-0.15, -0.1) is 0 Å². The van der Waals surface area contributed by atoms with Crippen molar-refractivity contribution in [1.29, 1.82) is 0 Å². The normalized spacial score (nSPS) is 11.5. The number of rotatable bonds is 7. The summed E-state index contributed by atoms with van der Waals surface area (Å²) in [4.78, 5) is 0. The molecule has 2 heterocycles. The van der Waals surface area contributed by atoms with E-state index < -0.39 is 0 Å². The Morgan fingerprint density at radius 1 is 0.600 bits per heavy atom. The van der Waals surface area contributed by atoms with Crippen molar-refractivity contribution in [3.63, 3.8) is 0 Å². The van der Waals surface area contributed by atoms with E-state index in [1.165, 1.54) is 22.5 Å². The van der Waals surface area contributed by atoms with E-state index in [0.717, 1.165) is 24.5 Å². The summed E-state index contributed by atoms with van der Waals surface area (Å²) >= 11 is 0. The maximum absolute atomic E-state index is 4.96. The highest BCUT2D eigenvalue weighted by molar-refractivity contribution is 5.55. The molecule has 154 valence electrons. The highest BCUT2D eigenvalue weighted by Crippen LogP contribution is 2.27. The van der Waals surface area contributed by atoms with E-state index in [1.807, 2.05) is 12.1 Å². The zero-order valence-electron chi connectivity index (χ0n) is 18.3. The molecule has 2 aromatic carbocycles. The summed E-state index contributed by atoms with van der Waals surface area (Å²) in [7, 11) is 0. The van der Waals surface area contributed by atoms with Gasteiger partial charge in [0.05, 0.1) is 13.1 Å². The first-order chi connectivity index (χ1) is 14.5. The highest BCUT2D eigenvalue weighted by atomic mass is 15.3. The maximum atomic E-state index is 4.96. The van der Waals surface area contributed by atoms with Gasteiger partial charge in [-0.2, -0.15) is 10.2 Å². The van der Waals surface area contributed by atoms with Crippen LogP contribution in [0.15, 0.2) is 72.8 Å². The Morgan fingerprint density at radius 2 is 0.967 bits per heavy atom. The van der Waals surface area contributed by atoms with E-state index in [1.54, 1.807) is 0 Å². The van der Waals surface area contributed by atoms with Crippen LogP contribution in [-0.4, -0.2) is 19.6 Å². The van der Waals surface area contributed by atoms with Crippen LogP contribution in [0.5, 0.6) is 0 Å². The van der Waals surface area contributed by atoms with Crippen LogP contribution in [-0.2, 0) is 13.1 Å². The van der Waals surface area contributed by atoms with Crippen LogP contribution < -0.4 is 0 Å². The molecular weight excluding hydrogens is 368 g/mol. The summed E-state index contributed by atoms with van der Waals surface area (Å²) < 4.78 is 4.25. The van der Waals surface area contributed by atoms with Gasteiger partial charge in [0.2, 0.25) is 0 Å². The first-order valence-corrected chi connectivity index (χ1v) is 10.7. The molecule has 4 rings (SSSR count). The molecule has 0 fully saturated rings. The van der Waals surface area contributed by atoms with E-state index in [0.29, 0.717) is 11.8 Å². The lowest BCUT2D eigenvalue weighted by Gasteiger charge is -2.09. The van der Waals surface area contributed by atoms with Crippen molar-refractivity contribution in [1.82, 2.24) is 19.6 Å². The summed E-state index contributed by atoms with van der Waals surface area (Å²) in [5.41, 5.74) is 6.87. The van der Waals surface area contributed by atoms with Gasteiger partial charge in [0.1, 0.15) is 11.4 Å². The van der Waals surface area contributed by atoms with E-state index in [2.05, 4.69) is 97.7 Å². The fourth-order valence-electron chi connectivity index (χ4n) is 3.81. The third-order valence-corrected chi connectivity index (χ3v) is 5.42. The minimum absolute atomic E-state index is 0.394. The van der Waals surface area contributed by atoms with Gasteiger partial charge in [-0.1, -0.05) is 88.4 Å². The topological polar surface area (TPSA) is 35.6 Å². The molecule has 0 unspecified atom stereocenters. The Bertz CT molecular complexity index is 999. The van der Waals surface area contributed by atoms with Gasteiger partial charge in [0.15, 0.2) is 0 Å². The van der Waals surface area contributed by atoms with Crippen LogP contribution in [0.1, 0.15) is 62.0 Å². The van der Waals surface area contributed by atoms with Crippen molar-refractivity contribution < 1.29 is 0 Å². The quantitative estimate of drug-likeness (QED) is 0.378. The number of nitrogens with zero attached hydrogens (tertiary/aromatic N) is 4. The largest absolute Gasteiger partial charge is 0.264 e. The molecule has 0 amide bonds. The Balaban J connectivity index is 1.69. The Labute approximate surface area is 179 Å². The fraction of sp³-hybridized carbons (Fsp3) is 0.308. The monoisotopic (exact) mass is 398 g/mol. The number of hydrogen-bond acceptors (Lipinski definition) is 2. The van der Waals surface area contributed by atoms with Gasteiger partial charge in [-0.3, -0.25) is 9.36 Å². The van der Waals surface area contributed by atoms with Crippen LogP contribution in [0, 0.1) is 0 Å². The van der Waals surface area contributed by atoms with Crippen molar-refractivity contribution in [2.45, 2.75) is 52.6 Å². The van der Waals surface area contributed by atoms with Crippen molar-refractivity contribution in [2.75, 3.05) is 0 Å². The second-order valence-corrected chi connectivity index (χ2v) is 8.50. The maximum Gasteiger partial charge on any atom is 0.113 e. The second-order valence-electron chi connectivity index (χ2n) is 8.50. The molecule has 4 nitrogen and oxygen atoms in total. The Hall–Kier alpha value is -3.14. The molecule has 0 bridgehead atoms. The van der Waals surface area contributed by atoms with Gasteiger partial charge >= 0.3 is 0 Å². The molecule has 0 saturated carbocycles.